The van der Waals surface area contributed by atoms with Gasteiger partial charge in [-0.3, -0.25) is 4.79 Å². The van der Waals surface area contributed by atoms with E-state index in [1.807, 2.05) is 25.1 Å². The number of fused-ring (bicyclic) bond motifs is 1. The number of halogens is 1. The molecule has 0 unspecified atom stereocenters. The molecule has 1 amide bonds. The quantitative estimate of drug-likeness (QED) is 0.450. The molecular weight excluding hydrogens is 446 g/mol. The summed E-state index contributed by atoms with van der Waals surface area (Å²) in [5.41, 5.74) is 3.98. The second kappa shape index (κ2) is 8.95. The van der Waals surface area contributed by atoms with Crippen LogP contribution in [0.3, 0.4) is 0 Å². The lowest BCUT2D eigenvalue weighted by molar-refractivity contribution is 0.101. The first kappa shape index (κ1) is 22.3. The van der Waals surface area contributed by atoms with Gasteiger partial charge in [0.2, 0.25) is 0 Å². The van der Waals surface area contributed by atoms with Gasteiger partial charge in [0.1, 0.15) is 5.75 Å². The van der Waals surface area contributed by atoms with Crippen molar-refractivity contribution in [3.63, 3.8) is 0 Å². The summed E-state index contributed by atoms with van der Waals surface area (Å²) in [7, 11) is 4.67. The highest BCUT2D eigenvalue weighted by Gasteiger charge is 2.22. The zero-order chi connectivity index (χ0) is 23.7. The molecule has 0 radical (unpaired) electrons. The van der Waals surface area contributed by atoms with E-state index in [-0.39, 0.29) is 5.69 Å². The monoisotopic (exact) mass is 467 g/mol. The normalized spacial score (nSPS) is 10.8. The number of carbonyl (C=O) groups excluding carboxylic acids is 1. The Morgan fingerprint density at radius 3 is 2.33 bits per heavy atom. The van der Waals surface area contributed by atoms with Crippen molar-refractivity contribution in [3.8, 4) is 28.4 Å². The van der Waals surface area contributed by atoms with E-state index in [1.165, 1.54) is 7.11 Å². The Morgan fingerprint density at radius 2 is 1.64 bits per heavy atom. The zero-order valence-electron chi connectivity index (χ0n) is 18.8. The predicted molar refractivity (Wildman–Crippen MR) is 125 cm³/mol. The third-order valence-corrected chi connectivity index (χ3v) is 5.47. The Labute approximate surface area is 195 Å². The fraction of sp³-hybridized carbons (Fsp3) is 0.217. The number of aryl methyl sites for hydroxylation is 2. The molecule has 10 heteroatoms. The fourth-order valence-corrected chi connectivity index (χ4v) is 3.78. The van der Waals surface area contributed by atoms with Gasteiger partial charge in [0.15, 0.2) is 22.8 Å². The van der Waals surface area contributed by atoms with Crippen LogP contribution in [-0.2, 0) is 0 Å². The van der Waals surface area contributed by atoms with Crippen molar-refractivity contribution in [2.24, 2.45) is 0 Å². The zero-order valence-corrected chi connectivity index (χ0v) is 19.5. The second-order valence-corrected chi connectivity index (χ2v) is 7.63. The van der Waals surface area contributed by atoms with Crippen molar-refractivity contribution >= 4 is 28.8 Å². The van der Waals surface area contributed by atoms with Gasteiger partial charge >= 0.3 is 0 Å². The Hall–Kier alpha value is -3.85. The molecule has 0 bridgehead atoms. The number of carbonyl (C=O) groups is 1. The SMILES string of the molecule is COc1ccc(Cl)cc1NC(=O)c1nnc2c(-c3ccc(OC)c(OC)c3)c(C)nn2c1C. The highest BCUT2D eigenvalue weighted by molar-refractivity contribution is 6.31. The Morgan fingerprint density at radius 1 is 0.939 bits per heavy atom. The summed E-state index contributed by atoms with van der Waals surface area (Å²) in [6.07, 6.45) is 0. The minimum absolute atomic E-state index is 0.130. The molecule has 4 rings (SSSR count). The number of hydrogen-bond acceptors (Lipinski definition) is 7. The summed E-state index contributed by atoms with van der Waals surface area (Å²) < 4.78 is 17.7. The molecule has 1 N–H and O–H groups in total. The number of nitrogens with zero attached hydrogens (tertiary/aromatic N) is 4. The van der Waals surface area contributed by atoms with Crippen LogP contribution in [0.5, 0.6) is 17.2 Å². The lowest BCUT2D eigenvalue weighted by Crippen LogP contribution is -2.19. The third kappa shape index (κ3) is 4.03. The van der Waals surface area contributed by atoms with Gasteiger partial charge in [-0.05, 0) is 49.7 Å². The number of hydrogen-bond donors (Lipinski definition) is 1. The molecule has 2 aromatic heterocycles. The lowest BCUT2D eigenvalue weighted by atomic mass is 10.1. The number of nitrogens with one attached hydrogen (secondary N) is 1. The highest BCUT2D eigenvalue weighted by Crippen LogP contribution is 2.35. The molecule has 9 nitrogen and oxygen atoms in total. The number of anilines is 1. The molecule has 170 valence electrons. The van der Waals surface area contributed by atoms with E-state index in [0.29, 0.717) is 39.3 Å². The van der Waals surface area contributed by atoms with E-state index < -0.39 is 5.91 Å². The van der Waals surface area contributed by atoms with Crippen LogP contribution >= 0.6 is 11.6 Å². The maximum atomic E-state index is 13.0. The minimum Gasteiger partial charge on any atom is -0.495 e. The van der Waals surface area contributed by atoms with Crippen molar-refractivity contribution in [3.05, 3.63) is 58.5 Å². The predicted octanol–water partition coefficient (Wildman–Crippen LogP) is 4.34. The molecule has 0 atom stereocenters. The van der Waals surface area contributed by atoms with Gasteiger partial charge in [-0.1, -0.05) is 17.7 Å². The van der Waals surface area contributed by atoms with Crippen molar-refractivity contribution in [1.82, 2.24) is 19.8 Å². The fourth-order valence-electron chi connectivity index (χ4n) is 3.61. The van der Waals surface area contributed by atoms with Crippen molar-refractivity contribution < 1.29 is 19.0 Å². The van der Waals surface area contributed by atoms with Crippen molar-refractivity contribution in [2.45, 2.75) is 13.8 Å². The van der Waals surface area contributed by atoms with Gasteiger partial charge < -0.3 is 19.5 Å². The minimum atomic E-state index is -0.455. The van der Waals surface area contributed by atoms with Crippen molar-refractivity contribution in [1.29, 1.82) is 0 Å². The van der Waals surface area contributed by atoms with Crippen LogP contribution < -0.4 is 19.5 Å². The lowest BCUT2D eigenvalue weighted by Gasteiger charge is -2.11. The first-order chi connectivity index (χ1) is 15.9. The van der Waals surface area contributed by atoms with Crippen LogP contribution in [0.4, 0.5) is 5.69 Å². The van der Waals surface area contributed by atoms with Gasteiger partial charge in [-0.25, -0.2) is 4.52 Å². The summed E-state index contributed by atoms with van der Waals surface area (Å²) >= 11 is 6.07. The van der Waals surface area contributed by atoms with Crippen LogP contribution in [0, 0.1) is 13.8 Å². The van der Waals surface area contributed by atoms with Gasteiger partial charge in [0.05, 0.1) is 44.0 Å². The molecule has 0 saturated carbocycles. The van der Waals surface area contributed by atoms with Gasteiger partial charge in [0, 0.05) is 5.02 Å². The molecular formula is C23H22ClN5O4. The molecule has 0 saturated heterocycles. The third-order valence-electron chi connectivity index (χ3n) is 5.24. The highest BCUT2D eigenvalue weighted by atomic mass is 35.5. The molecule has 0 aliphatic carbocycles. The summed E-state index contributed by atoms with van der Waals surface area (Å²) in [6, 6.07) is 10.5. The number of amides is 1. The van der Waals surface area contributed by atoms with E-state index >= 15 is 0 Å². The maximum Gasteiger partial charge on any atom is 0.278 e. The topological polar surface area (TPSA) is 99.9 Å². The summed E-state index contributed by atoms with van der Waals surface area (Å²) in [5.74, 6) is 1.23. The maximum absolute atomic E-state index is 13.0. The molecule has 2 heterocycles. The first-order valence-electron chi connectivity index (χ1n) is 9.97. The Balaban J connectivity index is 1.76. The number of benzene rings is 2. The summed E-state index contributed by atoms with van der Waals surface area (Å²) in [5, 5.41) is 16.4. The van der Waals surface area contributed by atoms with Crippen molar-refractivity contribution in [2.75, 3.05) is 26.6 Å². The summed E-state index contributed by atoms with van der Waals surface area (Å²) in [4.78, 5) is 13.0. The van der Waals surface area contributed by atoms with E-state index in [0.717, 1.165) is 16.8 Å². The van der Waals surface area contributed by atoms with Gasteiger partial charge in [-0.2, -0.15) is 5.10 Å². The molecule has 0 fully saturated rings. The number of ether oxygens (including phenoxy) is 3. The van der Waals surface area contributed by atoms with Crippen LogP contribution in [0.15, 0.2) is 36.4 Å². The average molecular weight is 468 g/mol. The van der Waals surface area contributed by atoms with Gasteiger partial charge in [0.25, 0.3) is 5.91 Å². The van der Waals surface area contributed by atoms with E-state index in [2.05, 4.69) is 20.6 Å². The second-order valence-electron chi connectivity index (χ2n) is 7.20. The number of rotatable bonds is 6. The average Bonchev–Trinajstić information content (AvgIpc) is 3.15. The molecule has 0 aliphatic rings. The number of aromatic nitrogens is 4. The molecule has 33 heavy (non-hydrogen) atoms. The van der Waals surface area contributed by atoms with Crippen LogP contribution in [0.2, 0.25) is 5.02 Å². The standard InChI is InChI=1S/C23H22ClN5O4/c1-12-20(14-6-8-18(32-4)19(10-14)33-5)22-27-26-21(13(2)29(22)28-12)23(30)25-16-11-15(24)7-9-17(16)31-3/h6-11H,1-5H3,(H,25,30). The van der Waals surface area contributed by atoms with E-state index in [4.69, 9.17) is 25.8 Å². The van der Waals surface area contributed by atoms with Crippen LogP contribution in [-0.4, -0.2) is 47.0 Å². The Bertz CT molecular complexity index is 1370. The molecule has 0 spiro atoms. The smallest absolute Gasteiger partial charge is 0.278 e. The van der Waals surface area contributed by atoms with E-state index in [9.17, 15) is 4.79 Å². The number of methoxy groups -OCH3 is 3. The van der Waals surface area contributed by atoms with Crippen LogP contribution in [0.1, 0.15) is 21.9 Å². The van der Waals surface area contributed by atoms with Crippen LogP contribution in [0.25, 0.3) is 16.8 Å². The first-order valence-corrected chi connectivity index (χ1v) is 10.4. The molecule has 2 aromatic carbocycles. The Kier molecular flexibility index (Phi) is 6.06. The largest absolute Gasteiger partial charge is 0.495 e. The summed E-state index contributed by atoms with van der Waals surface area (Å²) in [6.45, 7) is 3.63. The molecule has 4 aromatic rings. The molecule has 0 aliphatic heterocycles. The van der Waals surface area contributed by atoms with Gasteiger partial charge in [-0.15, -0.1) is 10.2 Å². The van der Waals surface area contributed by atoms with E-state index in [1.54, 1.807) is 43.9 Å².